The molecule has 1 atom stereocenters. The highest BCUT2D eigenvalue weighted by Crippen LogP contribution is 2.40. The van der Waals surface area contributed by atoms with Crippen molar-refractivity contribution in [1.82, 2.24) is 9.97 Å². The fraction of sp³-hybridized carbons (Fsp3) is 0.429. The number of ether oxygens (including phenoxy) is 1. The summed E-state index contributed by atoms with van der Waals surface area (Å²) in [6.45, 7) is 6.67. The Morgan fingerprint density at radius 1 is 1.41 bits per heavy atom. The second-order valence-electron chi connectivity index (χ2n) is 7.36. The van der Waals surface area contributed by atoms with Crippen molar-refractivity contribution >= 4 is 12.0 Å². The van der Waals surface area contributed by atoms with Crippen molar-refractivity contribution in [3.05, 3.63) is 57.2 Å². The molecule has 2 aromatic rings. The average Bonchev–Trinajstić information content (AvgIpc) is 3.00. The van der Waals surface area contributed by atoms with Gasteiger partial charge < -0.3 is 9.72 Å². The minimum Gasteiger partial charge on any atom is -0.465 e. The van der Waals surface area contributed by atoms with Crippen LogP contribution in [0.5, 0.6) is 0 Å². The number of hydrogen-bond donors (Lipinski definition) is 1. The van der Waals surface area contributed by atoms with Crippen molar-refractivity contribution < 1.29 is 18.3 Å². The number of allylic oxidation sites excluding steroid dienone is 1. The highest BCUT2D eigenvalue weighted by Gasteiger charge is 2.32. The van der Waals surface area contributed by atoms with E-state index in [-0.39, 0.29) is 11.5 Å². The van der Waals surface area contributed by atoms with Gasteiger partial charge in [0.2, 0.25) is 0 Å². The molecule has 2 aromatic heterocycles. The number of halogens is 2. The molecule has 6 heteroatoms. The largest absolute Gasteiger partial charge is 0.465 e. The van der Waals surface area contributed by atoms with E-state index in [9.17, 15) is 13.6 Å². The maximum absolute atomic E-state index is 13.8. The number of carbonyl (C=O) groups is 1. The van der Waals surface area contributed by atoms with E-state index in [0.717, 1.165) is 40.7 Å². The van der Waals surface area contributed by atoms with Crippen LogP contribution in [-0.4, -0.2) is 29.0 Å². The van der Waals surface area contributed by atoms with E-state index >= 15 is 0 Å². The van der Waals surface area contributed by atoms with Crippen LogP contribution in [0.15, 0.2) is 17.8 Å². The molecule has 1 unspecified atom stereocenters. The molecule has 1 aliphatic rings. The van der Waals surface area contributed by atoms with Crippen molar-refractivity contribution in [3.63, 3.8) is 0 Å². The van der Waals surface area contributed by atoms with E-state index in [1.165, 1.54) is 13.3 Å². The first-order chi connectivity index (χ1) is 12.6. The summed E-state index contributed by atoms with van der Waals surface area (Å²) in [5.74, 6) is -3.21. The number of carbonyl (C=O) groups excluding carboxylic acids is 1. The molecule has 1 aliphatic carbocycles. The number of nitrogens with one attached hydrogen (secondary N) is 1. The number of pyridine rings is 1. The Bertz CT molecular complexity index is 923. The van der Waals surface area contributed by atoms with E-state index in [1.54, 1.807) is 6.08 Å². The molecule has 0 spiro atoms. The first-order valence-electron chi connectivity index (χ1n) is 8.95. The van der Waals surface area contributed by atoms with Crippen LogP contribution in [0.3, 0.4) is 0 Å². The lowest BCUT2D eigenvalue weighted by molar-refractivity contribution is 0.0589. The minimum absolute atomic E-state index is 0.0255. The summed E-state index contributed by atoms with van der Waals surface area (Å²) in [7, 11) is 1.34. The van der Waals surface area contributed by atoms with Gasteiger partial charge in [0, 0.05) is 42.2 Å². The molecule has 0 radical (unpaired) electrons. The van der Waals surface area contributed by atoms with Crippen LogP contribution in [-0.2, 0) is 11.2 Å². The second-order valence-corrected chi connectivity index (χ2v) is 7.36. The van der Waals surface area contributed by atoms with Crippen LogP contribution in [0.1, 0.15) is 70.3 Å². The zero-order valence-electron chi connectivity index (χ0n) is 16.2. The van der Waals surface area contributed by atoms with Crippen LogP contribution in [0.25, 0.3) is 6.08 Å². The Morgan fingerprint density at radius 3 is 2.74 bits per heavy atom. The average molecular weight is 374 g/mol. The fourth-order valence-corrected chi connectivity index (χ4v) is 3.68. The molecular formula is C21H24F2N2O2. The molecule has 4 nitrogen and oxygen atoms in total. The van der Waals surface area contributed by atoms with Crippen molar-refractivity contribution in [2.45, 2.75) is 52.4 Å². The Kier molecular flexibility index (Phi) is 4.93. The van der Waals surface area contributed by atoms with E-state index in [2.05, 4.69) is 9.97 Å². The smallest absolute Gasteiger partial charge is 0.339 e. The molecule has 144 valence electrons. The number of hydrogen-bond acceptors (Lipinski definition) is 3. The van der Waals surface area contributed by atoms with Gasteiger partial charge in [0.15, 0.2) is 0 Å². The number of alkyl halides is 2. The topological polar surface area (TPSA) is 55.0 Å². The van der Waals surface area contributed by atoms with Crippen molar-refractivity contribution in [2.24, 2.45) is 0 Å². The molecule has 0 saturated carbocycles. The van der Waals surface area contributed by atoms with Gasteiger partial charge in [-0.3, -0.25) is 4.98 Å². The lowest BCUT2D eigenvalue weighted by atomic mass is 9.85. The second kappa shape index (κ2) is 6.91. The van der Waals surface area contributed by atoms with Crippen LogP contribution >= 0.6 is 0 Å². The third-order valence-corrected chi connectivity index (χ3v) is 5.33. The molecule has 2 heterocycles. The minimum atomic E-state index is -2.82. The Hall–Kier alpha value is -2.50. The van der Waals surface area contributed by atoms with Gasteiger partial charge in [-0.25, -0.2) is 13.6 Å². The van der Waals surface area contributed by atoms with Gasteiger partial charge in [0.25, 0.3) is 5.92 Å². The Balaban J connectivity index is 1.98. The Morgan fingerprint density at radius 2 is 2.11 bits per heavy atom. The van der Waals surface area contributed by atoms with Crippen LogP contribution in [0.4, 0.5) is 8.78 Å². The summed E-state index contributed by atoms with van der Waals surface area (Å²) in [4.78, 5) is 19.5. The molecule has 27 heavy (non-hydrogen) atoms. The molecule has 0 fully saturated rings. The predicted molar refractivity (Wildman–Crippen MR) is 100 cm³/mol. The maximum Gasteiger partial charge on any atom is 0.339 e. The van der Waals surface area contributed by atoms with E-state index in [0.29, 0.717) is 18.4 Å². The highest BCUT2D eigenvalue weighted by molar-refractivity contribution is 5.91. The zero-order chi connectivity index (χ0) is 19.9. The molecule has 3 rings (SSSR count). The summed E-state index contributed by atoms with van der Waals surface area (Å²) in [5, 5.41) is 0. The standard InChI is InChI=1S/C21H24F2N2O2/c1-11-6-14(21(4,22)23)7-19-16(11)8-15(25-19)9-17-12(2)18(20(26)27-5)10-24-13(17)3/h7-8,10-11,25H,6,9H2,1-5H3. The van der Waals surface area contributed by atoms with Crippen molar-refractivity contribution in [1.29, 1.82) is 0 Å². The Labute approximate surface area is 157 Å². The lowest BCUT2D eigenvalue weighted by Crippen LogP contribution is -2.18. The van der Waals surface area contributed by atoms with Crippen molar-refractivity contribution in [3.8, 4) is 0 Å². The van der Waals surface area contributed by atoms with E-state index in [1.807, 2.05) is 26.8 Å². The first-order valence-corrected chi connectivity index (χ1v) is 8.95. The van der Waals surface area contributed by atoms with Crippen LogP contribution in [0.2, 0.25) is 0 Å². The fourth-order valence-electron chi connectivity index (χ4n) is 3.68. The molecule has 0 saturated heterocycles. The van der Waals surface area contributed by atoms with Gasteiger partial charge in [-0.05, 0) is 55.0 Å². The third-order valence-electron chi connectivity index (χ3n) is 5.33. The van der Waals surface area contributed by atoms with Gasteiger partial charge in [0.05, 0.1) is 12.7 Å². The normalized spacial score (nSPS) is 16.7. The number of fused-ring (bicyclic) bond motifs is 1. The highest BCUT2D eigenvalue weighted by atomic mass is 19.3. The summed E-state index contributed by atoms with van der Waals surface area (Å²) in [6.07, 6.45) is 3.99. The third kappa shape index (κ3) is 3.66. The van der Waals surface area contributed by atoms with Gasteiger partial charge >= 0.3 is 5.97 Å². The number of nitrogens with zero attached hydrogens (tertiary/aromatic N) is 1. The molecule has 0 aliphatic heterocycles. The zero-order valence-corrected chi connectivity index (χ0v) is 16.2. The molecule has 1 N–H and O–H groups in total. The quantitative estimate of drug-likeness (QED) is 0.771. The predicted octanol–water partition coefficient (Wildman–Crippen LogP) is 4.95. The van der Waals surface area contributed by atoms with Gasteiger partial charge in [-0.2, -0.15) is 0 Å². The molecule has 0 bridgehead atoms. The SMILES string of the molecule is COC(=O)c1cnc(C)c(Cc2cc3c([nH]2)C=C(C(C)(F)F)CC3C)c1C. The summed E-state index contributed by atoms with van der Waals surface area (Å²) < 4.78 is 32.3. The first kappa shape index (κ1) is 19.3. The lowest BCUT2D eigenvalue weighted by Gasteiger charge is -2.23. The molecular weight excluding hydrogens is 350 g/mol. The van der Waals surface area contributed by atoms with E-state index < -0.39 is 11.9 Å². The van der Waals surface area contributed by atoms with Gasteiger partial charge in [-0.1, -0.05) is 6.92 Å². The number of esters is 1. The molecule has 0 aromatic carbocycles. The maximum atomic E-state index is 13.8. The van der Waals surface area contributed by atoms with Gasteiger partial charge in [-0.15, -0.1) is 0 Å². The monoisotopic (exact) mass is 374 g/mol. The number of aryl methyl sites for hydroxylation is 1. The van der Waals surface area contributed by atoms with E-state index in [4.69, 9.17) is 4.74 Å². The number of rotatable bonds is 4. The van der Waals surface area contributed by atoms with Crippen molar-refractivity contribution in [2.75, 3.05) is 7.11 Å². The summed E-state index contributed by atoms with van der Waals surface area (Å²) in [6, 6.07) is 2.03. The number of aromatic nitrogens is 2. The number of H-pyrrole nitrogens is 1. The summed E-state index contributed by atoms with van der Waals surface area (Å²) >= 11 is 0. The number of aromatic amines is 1. The van der Waals surface area contributed by atoms with Gasteiger partial charge in [0.1, 0.15) is 0 Å². The van der Waals surface area contributed by atoms with Crippen LogP contribution in [0, 0.1) is 13.8 Å². The van der Waals surface area contributed by atoms with Crippen LogP contribution < -0.4 is 0 Å². The molecule has 0 amide bonds. The summed E-state index contributed by atoms with van der Waals surface area (Å²) in [5.41, 5.74) is 5.89. The number of methoxy groups -OCH3 is 1.